The lowest BCUT2D eigenvalue weighted by molar-refractivity contribution is 0.625. The van der Waals surface area contributed by atoms with Crippen LogP contribution in [0.3, 0.4) is 0 Å². The highest BCUT2D eigenvalue weighted by Gasteiger charge is 2.46. The second kappa shape index (κ2) is 5.13. The summed E-state index contributed by atoms with van der Waals surface area (Å²) in [7, 11) is 0. The van der Waals surface area contributed by atoms with E-state index in [2.05, 4.69) is 4.98 Å². The molecule has 1 aliphatic rings. The molecule has 0 saturated heterocycles. The number of hydrogen-bond donors (Lipinski definition) is 2. The van der Waals surface area contributed by atoms with Crippen LogP contribution in [0, 0.1) is 11.2 Å². The summed E-state index contributed by atoms with van der Waals surface area (Å²) in [4.78, 5) is 4.14. The third kappa shape index (κ3) is 2.57. The summed E-state index contributed by atoms with van der Waals surface area (Å²) in [5.74, 6) is -0.252. The lowest BCUT2D eigenvalue weighted by Crippen LogP contribution is -2.19. The van der Waals surface area contributed by atoms with Crippen molar-refractivity contribution in [2.75, 3.05) is 0 Å². The van der Waals surface area contributed by atoms with Crippen LogP contribution in [0.25, 0.3) is 0 Å². The SMILES string of the molecule is N=C(/C=C(\N)C1(c2ccc(F)cc2)CC1)c1ccccn1. The molecule has 1 heterocycles. The zero-order valence-electron chi connectivity index (χ0n) is 11.5. The molecule has 1 fully saturated rings. The number of nitrogens with one attached hydrogen (secondary N) is 1. The predicted octanol–water partition coefficient (Wildman–Crippen LogP) is 3.16. The van der Waals surface area contributed by atoms with Crippen LogP contribution in [0.15, 0.2) is 60.4 Å². The van der Waals surface area contributed by atoms with Gasteiger partial charge in [0.1, 0.15) is 5.82 Å². The molecule has 0 atom stereocenters. The molecule has 0 amide bonds. The van der Waals surface area contributed by atoms with Crippen molar-refractivity contribution >= 4 is 5.71 Å². The molecule has 3 N–H and O–H groups in total. The first kappa shape index (κ1) is 13.5. The fourth-order valence-electron chi connectivity index (χ4n) is 2.53. The number of nitrogens with zero attached hydrogens (tertiary/aromatic N) is 1. The maximum absolute atomic E-state index is 13.0. The Morgan fingerprint density at radius 1 is 1.19 bits per heavy atom. The number of hydrogen-bond acceptors (Lipinski definition) is 3. The Morgan fingerprint density at radius 3 is 2.48 bits per heavy atom. The minimum atomic E-state index is -0.252. The third-order valence-corrected chi connectivity index (χ3v) is 3.94. The minimum absolute atomic E-state index is 0.241. The summed E-state index contributed by atoms with van der Waals surface area (Å²) in [6.07, 6.45) is 5.17. The largest absolute Gasteiger partial charge is 0.401 e. The zero-order valence-corrected chi connectivity index (χ0v) is 11.5. The van der Waals surface area contributed by atoms with Crippen molar-refractivity contribution < 1.29 is 4.39 Å². The summed E-state index contributed by atoms with van der Waals surface area (Å²) in [5, 5.41) is 8.09. The first-order chi connectivity index (χ1) is 10.1. The van der Waals surface area contributed by atoms with Crippen LogP contribution in [0.4, 0.5) is 4.39 Å². The monoisotopic (exact) mass is 281 g/mol. The van der Waals surface area contributed by atoms with Gasteiger partial charge >= 0.3 is 0 Å². The fraction of sp³-hybridized carbons (Fsp3) is 0.176. The van der Waals surface area contributed by atoms with E-state index in [4.69, 9.17) is 11.1 Å². The molecule has 4 heteroatoms. The Hall–Kier alpha value is -2.49. The van der Waals surface area contributed by atoms with Gasteiger partial charge in [-0.25, -0.2) is 4.39 Å². The predicted molar refractivity (Wildman–Crippen MR) is 80.6 cm³/mol. The fourth-order valence-corrected chi connectivity index (χ4v) is 2.53. The van der Waals surface area contributed by atoms with Gasteiger partial charge < -0.3 is 5.73 Å². The van der Waals surface area contributed by atoms with Crippen LogP contribution in [-0.4, -0.2) is 10.7 Å². The van der Waals surface area contributed by atoms with E-state index in [0.717, 1.165) is 18.4 Å². The Kier molecular flexibility index (Phi) is 3.29. The Bertz CT molecular complexity index is 686. The average molecular weight is 281 g/mol. The second-order valence-corrected chi connectivity index (χ2v) is 5.32. The molecule has 0 radical (unpaired) electrons. The number of pyridine rings is 1. The molecule has 0 aliphatic heterocycles. The molecule has 21 heavy (non-hydrogen) atoms. The maximum atomic E-state index is 13.0. The molecule has 106 valence electrons. The summed E-state index contributed by atoms with van der Waals surface area (Å²) >= 11 is 0. The van der Waals surface area contributed by atoms with Crippen molar-refractivity contribution in [2.45, 2.75) is 18.3 Å². The van der Waals surface area contributed by atoms with Gasteiger partial charge in [0.25, 0.3) is 0 Å². The van der Waals surface area contributed by atoms with Gasteiger partial charge in [0, 0.05) is 17.3 Å². The van der Waals surface area contributed by atoms with Gasteiger partial charge in [-0.1, -0.05) is 18.2 Å². The Morgan fingerprint density at radius 2 is 1.90 bits per heavy atom. The molecule has 3 rings (SSSR count). The van der Waals surface area contributed by atoms with E-state index < -0.39 is 0 Å². The molecule has 2 aromatic rings. The van der Waals surface area contributed by atoms with Crippen molar-refractivity contribution in [3.63, 3.8) is 0 Å². The number of halogens is 1. The summed E-state index contributed by atoms with van der Waals surface area (Å²) in [5.41, 5.74) is 8.52. The summed E-state index contributed by atoms with van der Waals surface area (Å²) in [6, 6.07) is 11.9. The topological polar surface area (TPSA) is 62.8 Å². The van der Waals surface area contributed by atoms with Gasteiger partial charge in [-0.05, 0) is 48.7 Å². The van der Waals surface area contributed by atoms with Crippen LogP contribution >= 0.6 is 0 Å². The zero-order chi connectivity index (χ0) is 14.9. The number of rotatable bonds is 4. The highest BCUT2D eigenvalue weighted by Crippen LogP contribution is 2.52. The van der Waals surface area contributed by atoms with Crippen molar-refractivity contribution in [1.82, 2.24) is 4.98 Å². The van der Waals surface area contributed by atoms with Gasteiger partial charge in [0.2, 0.25) is 0 Å². The summed E-state index contributed by atoms with van der Waals surface area (Å²) in [6.45, 7) is 0. The maximum Gasteiger partial charge on any atom is 0.123 e. The number of benzene rings is 1. The van der Waals surface area contributed by atoms with E-state index in [9.17, 15) is 4.39 Å². The highest BCUT2D eigenvalue weighted by atomic mass is 19.1. The Labute approximate surface area is 122 Å². The van der Waals surface area contributed by atoms with E-state index in [1.807, 2.05) is 12.1 Å². The molecule has 1 aromatic heterocycles. The molecule has 1 aliphatic carbocycles. The van der Waals surface area contributed by atoms with Crippen LogP contribution in [0.1, 0.15) is 24.1 Å². The molecule has 0 bridgehead atoms. The molecule has 0 unspecified atom stereocenters. The first-order valence-electron chi connectivity index (χ1n) is 6.85. The molecular formula is C17H16FN3. The van der Waals surface area contributed by atoms with Gasteiger partial charge in [0.05, 0.1) is 11.4 Å². The van der Waals surface area contributed by atoms with Crippen molar-refractivity contribution in [3.05, 3.63) is 77.5 Å². The van der Waals surface area contributed by atoms with Crippen molar-refractivity contribution in [3.8, 4) is 0 Å². The lowest BCUT2D eigenvalue weighted by atomic mass is 9.91. The van der Waals surface area contributed by atoms with Gasteiger partial charge in [-0.3, -0.25) is 10.4 Å². The third-order valence-electron chi connectivity index (χ3n) is 3.94. The number of allylic oxidation sites excluding steroid dienone is 2. The van der Waals surface area contributed by atoms with Gasteiger partial charge in [-0.2, -0.15) is 0 Å². The molecule has 1 aromatic carbocycles. The van der Waals surface area contributed by atoms with Crippen molar-refractivity contribution in [1.29, 1.82) is 5.41 Å². The normalized spacial score (nSPS) is 16.5. The molecule has 1 saturated carbocycles. The van der Waals surface area contributed by atoms with E-state index >= 15 is 0 Å². The highest BCUT2D eigenvalue weighted by molar-refractivity contribution is 6.05. The van der Waals surface area contributed by atoms with Crippen LogP contribution < -0.4 is 5.73 Å². The molecular weight excluding hydrogens is 265 g/mol. The van der Waals surface area contributed by atoms with Crippen LogP contribution in [-0.2, 0) is 5.41 Å². The number of nitrogens with two attached hydrogens (primary N) is 1. The number of aromatic nitrogens is 1. The molecule has 0 spiro atoms. The minimum Gasteiger partial charge on any atom is -0.401 e. The smallest absolute Gasteiger partial charge is 0.123 e. The Balaban J connectivity index is 1.87. The standard InChI is InChI=1S/C17H16FN3/c18-13-6-4-12(5-7-13)17(8-9-17)16(20)11-14(19)15-3-1-2-10-21-15/h1-7,10-11,19H,8-9,20H2/b16-11-,19-14?. The van der Waals surface area contributed by atoms with E-state index in [0.29, 0.717) is 17.1 Å². The van der Waals surface area contributed by atoms with E-state index in [1.165, 1.54) is 12.1 Å². The lowest BCUT2D eigenvalue weighted by Gasteiger charge is -2.16. The van der Waals surface area contributed by atoms with Gasteiger partial charge in [0.15, 0.2) is 0 Å². The van der Waals surface area contributed by atoms with Crippen LogP contribution in [0.2, 0.25) is 0 Å². The molecule has 3 nitrogen and oxygen atoms in total. The van der Waals surface area contributed by atoms with Crippen molar-refractivity contribution in [2.24, 2.45) is 5.73 Å². The summed E-state index contributed by atoms with van der Waals surface area (Å²) < 4.78 is 13.0. The van der Waals surface area contributed by atoms with Crippen LogP contribution in [0.5, 0.6) is 0 Å². The second-order valence-electron chi connectivity index (χ2n) is 5.32. The first-order valence-corrected chi connectivity index (χ1v) is 6.85. The van der Waals surface area contributed by atoms with E-state index in [-0.39, 0.29) is 11.2 Å². The average Bonchev–Trinajstić information content (AvgIpc) is 3.30. The quantitative estimate of drug-likeness (QED) is 0.845. The van der Waals surface area contributed by atoms with Gasteiger partial charge in [-0.15, -0.1) is 0 Å². The van der Waals surface area contributed by atoms with E-state index in [1.54, 1.807) is 30.5 Å².